The van der Waals surface area contributed by atoms with Gasteiger partial charge in [-0.05, 0) is 66.8 Å². The van der Waals surface area contributed by atoms with Gasteiger partial charge in [0.15, 0.2) is 5.82 Å². The number of carbonyl (C=O) groups is 2. The molecule has 1 saturated carbocycles. The molecule has 12 heteroatoms. The van der Waals surface area contributed by atoms with Gasteiger partial charge in [-0.3, -0.25) is 9.59 Å². The zero-order valence-electron chi connectivity index (χ0n) is 22.6. The number of rotatable bonds is 6. The van der Waals surface area contributed by atoms with E-state index in [0.717, 1.165) is 37.7 Å². The van der Waals surface area contributed by atoms with E-state index in [1.165, 1.54) is 23.4 Å². The Morgan fingerprint density at radius 2 is 1.85 bits per heavy atom. The third-order valence-corrected chi connectivity index (χ3v) is 8.68. The smallest absolute Gasteiger partial charge is 0.258 e. The highest BCUT2D eigenvalue weighted by Crippen LogP contribution is 2.40. The van der Waals surface area contributed by atoms with E-state index in [4.69, 9.17) is 11.6 Å². The lowest BCUT2D eigenvalue weighted by molar-refractivity contribution is -0.121. The van der Waals surface area contributed by atoms with E-state index in [-0.39, 0.29) is 28.4 Å². The molecule has 1 saturated heterocycles. The first-order chi connectivity index (χ1) is 19.9. The molecule has 6 rings (SSSR count). The molecule has 2 fully saturated rings. The molecule has 10 nitrogen and oxygen atoms in total. The Morgan fingerprint density at radius 3 is 2.59 bits per heavy atom. The van der Waals surface area contributed by atoms with Crippen LogP contribution in [-0.4, -0.2) is 59.7 Å². The fraction of sp³-hybridized carbons (Fsp3) is 0.379. The van der Waals surface area contributed by atoms with Crippen LogP contribution >= 0.6 is 11.6 Å². The maximum Gasteiger partial charge on any atom is 0.258 e. The lowest BCUT2D eigenvalue weighted by Gasteiger charge is -2.33. The van der Waals surface area contributed by atoms with Crippen molar-refractivity contribution >= 4 is 29.1 Å². The summed E-state index contributed by atoms with van der Waals surface area (Å²) < 4.78 is 16.1. The summed E-state index contributed by atoms with van der Waals surface area (Å²) in [6.07, 6.45) is 7.78. The van der Waals surface area contributed by atoms with Crippen LogP contribution in [0.1, 0.15) is 54.6 Å². The highest BCUT2D eigenvalue weighted by atomic mass is 35.5. The molecule has 1 aliphatic heterocycles. The van der Waals surface area contributed by atoms with Gasteiger partial charge in [-0.1, -0.05) is 49.8 Å². The minimum atomic E-state index is -0.631. The van der Waals surface area contributed by atoms with E-state index in [2.05, 4.69) is 31.0 Å². The minimum absolute atomic E-state index is 0.0257. The molecular weight excluding hydrogens is 547 g/mol. The van der Waals surface area contributed by atoms with Crippen LogP contribution in [0.5, 0.6) is 0 Å². The van der Waals surface area contributed by atoms with Crippen molar-refractivity contribution in [1.29, 1.82) is 0 Å². The highest BCUT2D eigenvalue weighted by Gasteiger charge is 2.46. The van der Waals surface area contributed by atoms with Crippen LogP contribution in [0.2, 0.25) is 5.02 Å². The van der Waals surface area contributed by atoms with Gasteiger partial charge in [0.05, 0.1) is 22.5 Å². The Labute approximate surface area is 241 Å². The van der Waals surface area contributed by atoms with Crippen LogP contribution in [-0.2, 0) is 4.79 Å². The molecule has 2 aromatic carbocycles. The van der Waals surface area contributed by atoms with Crippen LogP contribution in [0.4, 0.5) is 10.1 Å². The third-order valence-electron chi connectivity index (χ3n) is 8.39. The molecule has 41 heavy (non-hydrogen) atoms. The van der Waals surface area contributed by atoms with E-state index < -0.39 is 11.9 Å². The quantitative estimate of drug-likeness (QED) is 0.325. The molecule has 0 bridgehead atoms. The predicted molar refractivity (Wildman–Crippen MR) is 151 cm³/mol. The van der Waals surface area contributed by atoms with Crippen LogP contribution in [0.15, 0.2) is 48.7 Å². The Kier molecular flexibility index (Phi) is 7.53. The molecule has 0 radical (unpaired) electrons. The Morgan fingerprint density at radius 1 is 1.07 bits per heavy atom. The van der Waals surface area contributed by atoms with Crippen LogP contribution in [0, 0.1) is 24.6 Å². The number of halogens is 2. The molecule has 0 spiro atoms. The molecule has 2 aliphatic rings. The van der Waals surface area contributed by atoms with Crippen molar-refractivity contribution in [2.75, 3.05) is 11.9 Å². The molecule has 212 valence electrons. The van der Waals surface area contributed by atoms with Gasteiger partial charge >= 0.3 is 0 Å². The van der Waals surface area contributed by atoms with Crippen molar-refractivity contribution in [1.82, 2.24) is 35.3 Å². The number of nitrogens with zero attached hydrogens (tertiary/aromatic N) is 6. The first-order valence-corrected chi connectivity index (χ1v) is 14.2. The Bertz CT molecular complexity index is 1550. The van der Waals surface area contributed by atoms with E-state index in [0.29, 0.717) is 35.2 Å². The molecule has 2 amide bonds. The number of H-pyrrole nitrogens is 1. The average molecular weight is 577 g/mol. The van der Waals surface area contributed by atoms with Gasteiger partial charge in [-0.25, -0.2) is 9.07 Å². The van der Waals surface area contributed by atoms with Gasteiger partial charge in [-0.15, -0.1) is 10.2 Å². The SMILES string of the molecule is Cc1c(C(=O)N2CC[C@@H](C3CCCCC3)[C@H]2C(=O)Nc2ccc(-c3nn[nH]n3)cc2)cnn1-c1cccc(Cl)c1F. The molecule has 2 N–H and O–H groups in total. The van der Waals surface area contributed by atoms with E-state index in [1.807, 2.05) is 12.1 Å². The summed E-state index contributed by atoms with van der Waals surface area (Å²) in [5.74, 6) is -0.227. The second-order valence-electron chi connectivity index (χ2n) is 10.7. The fourth-order valence-corrected chi connectivity index (χ4v) is 6.48. The van der Waals surface area contributed by atoms with Gasteiger partial charge in [0, 0.05) is 17.8 Å². The number of nitrogens with one attached hydrogen (secondary N) is 2. The lowest BCUT2D eigenvalue weighted by Crippen LogP contribution is -2.47. The van der Waals surface area contributed by atoms with Crippen molar-refractivity contribution in [2.24, 2.45) is 11.8 Å². The predicted octanol–water partition coefficient (Wildman–Crippen LogP) is 5.20. The van der Waals surface area contributed by atoms with Crippen LogP contribution < -0.4 is 5.32 Å². The van der Waals surface area contributed by atoms with E-state index in [9.17, 15) is 14.0 Å². The van der Waals surface area contributed by atoms with Gasteiger partial charge in [-0.2, -0.15) is 10.3 Å². The lowest BCUT2D eigenvalue weighted by atomic mass is 9.76. The van der Waals surface area contributed by atoms with Crippen molar-refractivity contribution in [2.45, 2.75) is 51.5 Å². The Balaban J connectivity index is 1.27. The number of hydrogen-bond donors (Lipinski definition) is 2. The van der Waals surface area contributed by atoms with E-state index >= 15 is 0 Å². The van der Waals surface area contributed by atoms with Gasteiger partial charge < -0.3 is 10.2 Å². The zero-order valence-corrected chi connectivity index (χ0v) is 23.3. The van der Waals surface area contributed by atoms with Crippen molar-refractivity contribution in [3.05, 3.63) is 70.8 Å². The Hall–Kier alpha value is -4.12. The zero-order chi connectivity index (χ0) is 28.5. The van der Waals surface area contributed by atoms with E-state index in [1.54, 1.807) is 36.1 Å². The average Bonchev–Trinajstić information content (AvgIpc) is 3.76. The minimum Gasteiger partial charge on any atom is -0.326 e. The molecule has 3 heterocycles. The van der Waals surface area contributed by atoms with Gasteiger partial charge in [0.2, 0.25) is 11.7 Å². The van der Waals surface area contributed by atoms with Crippen molar-refractivity contribution < 1.29 is 14.0 Å². The summed E-state index contributed by atoms with van der Waals surface area (Å²) in [6.45, 7) is 2.18. The number of tetrazole rings is 1. The number of benzene rings is 2. The summed E-state index contributed by atoms with van der Waals surface area (Å²) in [5, 5.41) is 21.3. The van der Waals surface area contributed by atoms with Gasteiger partial charge in [0.1, 0.15) is 11.7 Å². The third kappa shape index (κ3) is 5.21. The number of hydrogen-bond acceptors (Lipinski definition) is 6. The monoisotopic (exact) mass is 576 g/mol. The maximum absolute atomic E-state index is 14.8. The molecular formula is C29H30ClFN8O2. The fourth-order valence-electron chi connectivity index (χ4n) is 6.31. The molecule has 2 aromatic heterocycles. The second kappa shape index (κ2) is 11.4. The summed E-state index contributed by atoms with van der Waals surface area (Å²) >= 11 is 5.99. The number of likely N-dealkylation sites (tertiary alicyclic amines) is 1. The molecule has 1 aliphatic carbocycles. The second-order valence-corrected chi connectivity index (χ2v) is 11.1. The highest BCUT2D eigenvalue weighted by molar-refractivity contribution is 6.30. The summed E-state index contributed by atoms with van der Waals surface area (Å²) in [7, 11) is 0. The summed E-state index contributed by atoms with van der Waals surface area (Å²) in [4.78, 5) is 29.5. The molecule has 0 unspecified atom stereocenters. The normalized spacial score (nSPS) is 19.4. The first-order valence-electron chi connectivity index (χ1n) is 13.9. The van der Waals surface area contributed by atoms with Gasteiger partial charge in [0.25, 0.3) is 5.91 Å². The van der Waals surface area contributed by atoms with Crippen molar-refractivity contribution in [3.63, 3.8) is 0 Å². The molecule has 2 atom stereocenters. The van der Waals surface area contributed by atoms with Crippen molar-refractivity contribution in [3.8, 4) is 17.1 Å². The topological polar surface area (TPSA) is 122 Å². The maximum atomic E-state index is 14.8. The summed E-state index contributed by atoms with van der Waals surface area (Å²) in [5.41, 5.74) is 2.35. The largest absolute Gasteiger partial charge is 0.326 e. The number of carbonyl (C=O) groups excluding carboxylic acids is 2. The molecule has 4 aromatic rings. The number of aromatic nitrogens is 6. The van der Waals surface area contributed by atoms with Crippen LogP contribution in [0.25, 0.3) is 17.1 Å². The van der Waals surface area contributed by atoms with Crippen LogP contribution in [0.3, 0.4) is 0 Å². The number of aromatic amines is 1. The number of amides is 2. The first kappa shape index (κ1) is 27.1. The summed E-state index contributed by atoms with van der Waals surface area (Å²) in [6, 6.07) is 11.2. The number of anilines is 1. The standard InChI is InChI=1S/C29H30ClFN8O2/c1-17-22(16-32-39(17)24-9-5-8-23(30)25(24)31)29(41)38-15-14-21(18-6-3-2-4-7-18)26(38)28(40)33-20-12-10-19(11-13-20)27-34-36-37-35-27/h5,8-13,16,18,21,26H,2-4,6-7,14-15H2,1H3,(H,33,40)(H,34,35,36,37)/t21-,26-/m0/s1.